The van der Waals surface area contributed by atoms with Crippen molar-refractivity contribution < 1.29 is 14.3 Å². The molecule has 122 valence electrons. The fourth-order valence-corrected chi connectivity index (χ4v) is 2.55. The summed E-state index contributed by atoms with van der Waals surface area (Å²) in [5.74, 6) is -1.27. The number of H-pyrrole nitrogens is 1. The molecule has 0 unspecified atom stereocenters. The Morgan fingerprint density at radius 1 is 1.17 bits per heavy atom. The summed E-state index contributed by atoms with van der Waals surface area (Å²) in [7, 11) is 0. The number of nitrogens with zero attached hydrogens (tertiary/aromatic N) is 1. The van der Waals surface area contributed by atoms with E-state index in [0.29, 0.717) is 12.2 Å². The number of aromatic amines is 1. The van der Waals surface area contributed by atoms with Gasteiger partial charge in [-0.15, -0.1) is 0 Å². The Morgan fingerprint density at radius 2 is 2.00 bits per heavy atom. The van der Waals surface area contributed by atoms with Crippen LogP contribution in [0.2, 0.25) is 0 Å². The van der Waals surface area contributed by atoms with E-state index in [1.54, 1.807) is 6.07 Å². The number of fused-ring (bicyclic) bond motifs is 1. The maximum atomic E-state index is 11.9. The number of nitrogens with one attached hydrogen (secondary N) is 3. The summed E-state index contributed by atoms with van der Waals surface area (Å²) in [6, 6.07) is 7.36. The van der Waals surface area contributed by atoms with Crippen LogP contribution in [-0.2, 0) is 14.3 Å². The first-order chi connectivity index (χ1) is 11.2. The maximum Gasteiger partial charge on any atom is 0.313 e. The molecule has 2 heterocycles. The summed E-state index contributed by atoms with van der Waals surface area (Å²) < 4.78 is 5.26. The van der Waals surface area contributed by atoms with Gasteiger partial charge in [0.15, 0.2) is 0 Å². The van der Waals surface area contributed by atoms with Crippen molar-refractivity contribution in [3.05, 3.63) is 30.5 Å². The molecule has 0 spiro atoms. The van der Waals surface area contributed by atoms with Crippen molar-refractivity contribution in [2.24, 2.45) is 0 Å². The molecule has 7 nitrogen and oxygen atoms in total. The summed E-state index contributed by atoms with van der Waals surface area (Å²) in [5, 5.41) is 6.24. The second kappa shape index (κ2) is 7.26. The molecule has 23 heavy (non-hydrogen) atoms. The summed E-state index contributed by atoms with van der Waals surface area (Å²) in [5.41, 5.74) is 1.59. The van der Waals surface area contributed by atoms with Crippen molar-refractivity contribution in [2.75, 3.05) is 44.7 Å². The van der Waals surface area contributed by atoms with Crippen molar-refractivity contribution in [2.45, 2.75) is 0 Å². The average molecular weight is 316 g/mol. The Hall–Kier alpha value is -2.38. The largest absolute Gasteiger partial charge is 0.379 e. The Bertz CT molecular complexity index is 691. The van der Waals surface area contributed by atoms with Gasteiger partial charge >= 0.3 is 11.8 Å². The zero-order chi connectivity index (χ0) is 16.1. The monoisotopic (exact) mass is 316 g/mol. The zero-order valence-corrected chi connectivity index (χ0v) is 12.8. The van der Waals surface area contributed by atoms with Gasteiger partial charge in [-0.3, -0.25) is 14.5 Å². The van der Waals surface area contributed by atoms with Crippen LogP contribution in [-0.4, -0.2) is 61.1 Å². The van der Waals surface area contributed by atoms with Crippen LogP contribution in [0.25, 0.3) is 10.9 Å². The van der Waals surface area contributed by atoms with Crippen LogP contribution >= 0.6 is 0 Å². The number of hydrogen-bond donors (Lipinski definition) is 3. The van der Waals surface area contributed by atoms with E-state index in [1.807, 2.05) is 24.4 Å². The highest BCUT2D eigenvalue weighted by Gasteiger charge is 2.15. The van der Waals surface area contributed by atoms with E-state index >= 15 is 0 Å². The SMILES string of the molecule is O=C(NCCN1CCOCC1)C(=O)Nc1ccc2[nH]ccc2c1. The van der Waals surface area contributed by atoms with Gasteiger partial charge in [0.05, 0.1) is 13.2 Å². The molecule has 0 radical (unpaired) electrons. The lowest BCUT2D eigenvalue weighted by Crippen LogP contribution is -2.43. The number of amides is 2. The van der Waals surface area contributed by atoms with E-state index in [4.69, 9.17) is 4.74 Å². The van der Waals surface area contributed by atoms with Crippen LogP contribution in [0, 0.1) is 0 Å². The van der Waals surface area contributed by atoms with Crippen molar-refractivity contribution in [1.82, 2.24) is 15.2 Å². The smallest absolute Gasteiger partial charge is 0.313 e. The van der Waals surface area contributed by atoms with Crippen molar-refractivity contribution >= 4 is 28.4 Å². The molecule has 2 aromatic rings. The minimum Gasteiger partial charge on any atom is -0.379 e. The molecule has 1 aliphatic rings. The molecule has 1 aliphatic heterocycles. The van der Waals surface area contributed by atoms with E-state index in [2.05, 4.69) is 20.5 Å². The molecule has 0 aliphatic carbocycles. The van der Waals surface area contributed by atoms with Crippen LogP contribution in [0.1, 0.15) is 0 Å². The molecule has 3 N–H and O–H groups in total. The number of rotatable bonds is 4. The van der Waals surface area contributed by atoms with E-state index in [0.717, 1.165) is 43.8 Å². The first-order valence-electron chi connectivity index (χ1n) is 7.69. The molecular weight excluding hydrogens is 296 g/mol. The molecule has 7 heteroatoms. The number of carbonyl (C=O) groups is 2. The number of carbonyl (C=O) groups excluding carboxylic acids is 2. The summed E-state index contributed by atoms with van der Waals surface area (Å²) in [4.78, 5) is 29.0. The van der Waals surface area contributed by atoms with E-state index in [-0.39, 0.29) is 0 Å². The molecule has 1 fully saturated rings. The quantitative estimate of drug-likeness (QED) is 0.719. The molecule has 0 atom stereocenters. The highest BCUT2D eigenvalue weighted by Crippen LogP contribution is 2.17. The van der Waals surface area contributed by atoms with E-state index < -0.39 is 11.8 Å². The Morgan fingerprint density at radius 3 is 2.83 bits per heavy atom. The first kappa shape index (κ1) is 15.5. The molecule has 2 amide bonds. The predicted molar refractivity (Wildman–Crippen MR) is 87.2 cm³/mol. The number of ether oxygens (including phenoxy) is 1. The highest BCUT2D eigenvalue weighted by atomic mass is 16.5. The summed E-state index contributed by atoms with van der Waals surface area (Å²) in [6.45, 7) is 4.32. The Labute approximate surface area is 134 Å². The van der Waals surface area contributed by atoms with Crippen LogP contribution < -0.4 is 10.6 Å². The number of anilines is 1. The van der Waals surface area contributed by atoms with Crippen molar-refractivity contribution in [1.29, 1.82) is 0 Å². The van der Waals surface area contributed by atoms with Crippen LogP contribution in [0.5, 0.6) is 0 Å². The minimum atomic E-state index is -0.651. The van der Waals surface area contributed by atoms with Gasteiger partial charge in [0.2, 0.25) is 0 Å². The Balaban J connectivity index is 1.46. The van der Waals surface area contributed by atoms with Crippen molar-refractivity contribution in [3.63, 3.8) is 0 Å². The van der Waals surface area contributed by atoms with Crippen LogP contribution in [0.4, 0.5) is 5.69 Å². The molecule has 0 saturated carbocycles. The number of aromatic nitrogens is 1. The highest BCUT2D eigenvalue weighted by molar-refractivity contribution is 6.39. The minimum absolute atomic E-state index is 0.448. The Kier molecular flexibility index (Phi) is 4.89. The normalized spacial score (nSPS) is 15.5. The summed E-state index contributed by atoms with van der Waals surface area (Å²) >= 11 is 0. The zero-order valence-electron chi connectivity index (χ0n) is 12.8. The number of hydrogen-bond acceptors (Lipinski definition) is 4. The topological polar surface area (TPSA) is 86.5 Å². The van der Waals surface area contributed by atoms with Gasteiger partial charge in [-0.05, 0) is 24.3 Å². The second-order valence-electron chi connectivity index (χ2n) is 5.44. The van der Waals surface area contributed by atoms with Gasteiger partial charge < -0.3 is 20.4 Å². The van der Waals surface area contributed by atoms with Gasteiger partial charge in [-0.1, -0.05) is 0 Å². The maximum absolute atomic E-state index is 11.9. The molecule has 1 aromatic carbocycles. The molecule has 1 saturated heterocycles. The number of benzene rings is 1. The number of morpholine rings is 1. The molecule has 1 aromatic heterocycles. The van der Waals surface area contributed by atoms with Crippen molar-refractivity contribution in [3.8, 4) is 0 Å². The van der Waals surface area contributed by atoms with Gasteiger partial charge in [0, 0.05) is 49.0 Å². The molecule has 3 rings (SSSR count). The standard InChI is InChI=1S/C16H20N4O3/c21-15(18-5-6-20-7-9-23-10-8-20)16(22)19-13-1-2-14-12(11-13)3-4-17-14/h1-4,11,17H,5-10H2,(H,18,21)(H,19,22). The van der Waals surface area contributed by atoms with Gasteiger partial charge in [0.25, 0.3) is 0 Å². The molecular formula is C16H20N4O3. The molecule has 0 bridgehead atoms. The van der Waals surface area contributed by atoms with E-state index in [9.17, 15) is 9.59 Å². The fraction of sp³-hybridized carbons (Fsp3) is 0.375. The lowest BCUT2D eigenvalue weighted by Gasteiger charge is -2.26. The third-order valence-corrected chi connectivity index (χ3v) is 3.83. The summed E-state index contributed by atoms with van der Waals surface area (Å²) in [6.07, 6.45) is 1.83. The van der Waals surface area contributed by atoms with Gasteiger partial charge in [-0.25, -0.2) is 0 Å². The predicted octanol–water partition coefficient (Wildman–Crippen LogP) is 0.555. The second-order valence-corrected chi connectivity index (χ2v) is 5.44. The lowest BCUT2D eigenvalue weighted by atomic mass is 10.2. The third kappa shape index (κ3) is 4.08. The van der Waals surface area contributed by atoms with Gasteiger partial charge in [0.1, 0.15) is 0 Å². The fourth-order valence-electron chi connectivity index (χ4n) is 2.55. The van der Waals surface area contributed by atoms with Gasteiger partial charge in [-0.2, -0.15) is 0 Å². The van der Waals surface area contributed by atoms with Crippen LogP contribution in [0.15, 0.2) is 30.5 Å². The third-order valence-electron chi connectivity index (χ3n) is 3.83. The average Bonchev–Trinajstić information content (AvgIpc) is 3.03. The van der Waals surface area contributed by atoms with E-state index in [1.165, 1.54) is 0 Å². The van der Waals surface area contributed by atoms with Crippen LogP contribution in [0.3, 0.4) is 0 Å². The first-order valence-corrected chi connectivity index (χ1v) is 7.69. The lowest BCUT2D eigenvalue weighted by molar-refractivity contribution is -0.136.